The van der Waals surface area contributed by atoms with Crippen molar-refractivity contribution in [3.05, 3.63) is 59.0 Å². The molecule has 2 aromatic heterocycles. The number of rotatable bonds is 4. The number of piperidine rings is 1. The molecule has 0 spiro atoms. The summed E-state index contributed by atoms with van der Waals surface area (Å²) in [5.74, 6) is 0.920. The van der Waals surface area contributed by atoms with Gasteiger partial charge >= 0.3 is 0 Å². The van der Waals surface area contributed by atoms with E-state index in [1.54, 1.807) is 10.9 Å². The highest BCUT2D eigenvalue weighted by Gasteiger charge is 2.22. The normalized spacial score (nSPS) is 18.3. The predicted molar refractivity (Wildman–Crippen MR) is 119 cm³/mol. The minimum absolute atomic E-state index is 0.0831. The molecule has 1 fully saturated rings. The Morgan fingerprint density at radius 2 is 2.03 bits per heavy atom. The Kier molecular flexibility index (Phi) is 5.28. The van der Waals surface area contributed by atoms with Gasteiger partial charge in [0.25, 0.3) is 11.9 Å². The molecule has 3 heterocycles. The van der Waals surface area contributed by atoms with Crippen LogP contribution in [0.15, 0.2) is 36.7 Å². The first-order chi connectivity index (χ1) is 15.1. The lowest BCUT2D eigenvalue weighted by molar-refractivity contribution is 0.0936. The predicted octanol–water partition coefficient (Wildman–Crippen LogP) is 2.81. The van der Waals surface area contributed by atoms with Crippen molar-refractivity contribution >= 4 is 5.91 Å². The number of aromatic nitrogens is 4. The van der Waals surface area contributed by atoms with E-state index in [1.165, 1.54) is 12.0 Å². The topological polar surface area (TPSA) is 75.9 Å². The third-order valence-electron chi connectivity index (χ3n) is 6.51. The fourth-order valence-electron chi connectivity index (χ4n) is 4.76. The number of nitrogens with one attached hydrogen (secondary N) is 1. The van der Waals surface area contributed by atoms with Crippen molar-refractivity contribution in [2.75, 3.05) is 26.7 Å². The average molecular weight is 417 g/mol. The number of likely N-dealkylation sites (tertiary alicyclic amines) is 1. The number of amides is 1. The van der Waals surface area contributed by atoms with Crippen LogP contribution in [0.25, 0.3) is 17.2 Å². The monoisotopic (exact) mass is 416 g/mol. The number of benzene rings is 1. The molecule has 2 aliphatic rings. The number of hydrogen-bond donors (Lipinski definition) is 1. The largest absolute Gasteiger partial charge is 0.352 e. The number of hydrogen-bond acceptors (Lipinski definition) is 5. The molecule has 0 bridgehead atoms. The molecule has 7 heteroatoms. The molecule has 1 aliphatic heterocycles. The Labute approximate surface area is 182 Å². The van der Waals surface area contributed by atoms with E-state index in [2.05, 4.69) is 45.5 Å². The van der Waals surface area contributed by atoms with E-state index in [0.717, 1.165) is 54.9 Å². The zero-order valence-electron chi connectivity index (χ0n) is 18.1. The molecule has 160 valence electrons. The van der Waals surface area contributed by atoms with E-state index in [9.17, 15) is 4.79 Å². The minimum Gasteiger partial charge on any atom is -0.352 e. The van der Waals surface area contributed by atoms with Crippen LogP contribution in [0.1, 0.15) is 40.0 Å². The summed E-state index contributed by atoms with van der Waals surface area (Å²) in [5.41, 5.74) is 5.92. The molecule has 1 aromatic carbocycles. The first-order valence-corrected chi connectivity index (χ1v) is 11.1. The van der Waals surface area contributed by atoms with Gasteiger partial charge < -0.3 is 10.2 Å². The van der Waals surface area contributed by atoms with Crippen LogP contribution < -0.4 is 5.32 Å². The Balaban J connectivity index is 1.36. The highest BCUT2D eigenvalue weighted by molar-refractivity contribution is 5.95. The summed E-state index contributed by atoms with van der Waals surface area (Å²) < 4.78 is 1.67. The molecule has 5 rings (SSSR count). The Hall–Kier alpha value is -3.06. The lowest BCUT2D eigenvalue weighted by Gasteiger charge is -2.29. The van der Waals surface area contributed by atoms with Crippen molar-refractivity contribution in [1.82, 2.24) is 30.0 Å². The van der Waals surface area contributed by atoms with Crippen LogP contribution in [0.2, 0.25) is 0 Å². The molecular weight excluding hydrogens is 388 g/mol. The van der Waals surface area contributed by atoms with Gasteiger partial charge in [-0.2, -0.15) is 5.10 Å². The van der Waals surface area contributed by atoms with Gasteiger partial charge in [-0.15, -0.1) is 0 Å². The van der Waals surface area contributed by atoms with E-state index in [-0.39, 0.29) is 5.91 Å². The van der Waals surface area contributed by atoms with Gasteiger partial charge in [0.05, 0.1) is 23.1 Å². The zero-order valence-corrected chi connectivity index (χ0v) is 18.1. The quantitative estimate of drug-likeness (QED) is 0.708. The smallest absolute Gasteiger partial charge is 0.254 e. The molecule has 1 saturated heterocycles. The number of carbonyl (C=O) groups excluding carboxylic acids is 1. The third-order valence-corrected chi connectivity index (χ3v) is 6.51. The molecule has 1 amide bonds. The molecule has 1 atom stereocenters. The Morgan fingerprint density at radius 1 is 1.19 bits per heavy atom. The van der Waals surface area contributed by atoms with E-state index in [0.29, 0.717) is 24.0 Å². The van der Waals surface area contributed by atoms with Crippen LogP contribution >= 0.6 is 0 Å². The fraction of sp³-hybridized carbons (Fsp3) is 0.417. The second-order valence-corrected chi connectivity index (χ2v) is 8.74. The molecule has 7 nitrogen and oxygen atoms in total. The van der Waals surface area contributed by atoms with Crippen molar-refractivity contribution < 1.29 is 4.79 Å². The van der Waals surface area contributed by atoms with Crippen LogP contribution in [0, 0.1) is 12.8 Å². The van der Waals surface area contributed by atoms with Crippen LogP contribution in [-0.2, 0) is 12.8 Å². The summed E-state index contributed by atoms with van der Waals surface area (Å²) in [6, 6.07) is 8.38. The van der Waals surface area contributed by atoms with Crippen molar-refractivity contribution in [2.24, 2.45) is 5.92 Å². The van der Waals surface area contributed by atoms with Crippen LogP contribution in [-0.4, -0.2) is 57.2 Å². The van der Waals surface area contributed by atoms with Crippen molar-refractivity contribution in [3.63, 3.8) is 0 Å². The molecule has 1 N–H and O–H groups in total. The van der Waals surface area contributed by atoms with E-state index in [1.807, 2.05) is 19.2 Å². The maximum Gasteiger partial charge on any atom is 0.254 e. The lowest BCUT2D eigenvalue weighted by Crippen LogP contribution is -2.39. The maximum atomic E-state index is 12.8. The molecular formula is C24H28N6O. The van der Waals surface area contributed by atoms with Gasteiger partial charge in [0.2, 0.25) is 0 Å². The van der Waals surface area contributed by atoms with E-state index < -0.39 is 0 Å². The Morgan fingerprint density at radius 3 is 2.90 bits per heavy atom. The Bertz CT molecular complexity index is 1120. The van der Waals surface area contributed by atoms with Crippen molar-refractivity contribution in [3.8, 4) is 17.2 Å². The average Bonchev–Trinajstić information content (AvgIpc) is 3.18. The van der Waals surface area contributed by atoms with Crippen LogP contribution in [0.4, 0.5) is 0 Å². The standard InChI is InChI=1S/C24H28N6O/c1-16-21(23(31)25-12-17-6-5-11-29(2)15-17)14-27-30(16)24-26-13-19-10-9-18-7-3-4-8-20(18)22(19)28-24/h3-4,7-8,13-14,17H,5-6,9-12,15H2,1-2H3,(H,25,31). The van der Waals surface area contributed by atoms with Gasteiger partial charge in [0.15, 0.2) is 0 Å². The maximum absolute atomic E-state index is 12.8. The summed E-state index contributed by atoms with van der Waals surface area (Å²) in [4.78, 5) is 24.5. The van der Waals surface area contributed by atoms with E-state index in [4.69, 9.17) is 4.98 Å². The lowest BCUT2D eigenvalue weighted by atomic mass is 9.90. The molecule has 1 unspecified atom stereocenters. The second-order valence-electron chi connectivity index (χ2n) is 8.74. The summed E-state index contributed by atoms with van der Waals surface area (Å²) >= 11 is 0. The van der Waals surface area contributed by atoms with Crippen molar-refractivity contribution in [2.45, 2.75) is 32.6 Å². The van der Waals surface area contributed by atoms with Crippen LogP contribution in [0.5, 0.6) is 0 Å². The molecule has 1 aliphatic carbocycles. The number of aryl methyl sites for hydroxylation is 2. The molecule has 3 aromatic rings. The second kappa shape index (κ2) is 8.23. The highest BCUT2D eigenvalue weighted by Crippen LogP contribution is 2.31. The molecule has 0 radical (unpaired) electrons. The fourth-order valence-corrected chi connectivity index (χ4v) is 4.76. The van der Waals surface area contributed by atoms with Gasteiger partial charge in [-0.1, -0.05) is 24.3 Å². The number of fused-ring (bicyclic) bond motifs is 3. The van der Waals surface area contributed by atoms with Gasteiger partial charge in [-0.3, -0.25) is 4.79 Å². The van der Waals surface area contributed by atoms with Crippen molar-refractivity contribution in [1.29, 1.82) is 0 Å². The van der Waals surface area contributed by atoms with Gasteiger partial charge in [0.1, 0.15) is 0 Å². The summed E-state index contributed by atoms with van der Waals surface area (Å²) in [7, 11) is 2.14. The summed E-state index contributed by atoms with van der Waals surface area (Å²) in [5, 5.41) is 7.54. The molecule has 31 heavy (non-hydrogen) atoms. The van der Waals surface area contributed by atoms with Gasteiger partial charge in [-0.25, -0.2) is 14.6 Å². The SMILES string of the molecule is Cc1c(C(=O)NCC2CCCN(C)C2)cnn1-c1ncc2c(n1)-c1ccccc1CC2. The summed E-state index contributed by atoms with van der Waals surface area (Å²) in [6.45, 7) is 4.76. The molecule has 0 saturated carbocycles. The summed E-state index contributed by atoms with van der Waals surface area (Å²) in [6.07, 6.45) is 7.81. The zero-order chi connectivity index (χ0) is 21.4. The number of nitrogens with zero attached hydrogens (tertiary/aromatic N) is 5. The highest BCUT2D eigenvalue weighted by atomic mass is 16.1. The van der Waals surface area contributed by atoms with Crippen LogP contribution in [0.3, 0.4) is 0 Å². The first-order valence-electron chi connectivity index (χ1n) is 11.1. The first kappa shape index (κ1) is 19.9. The minimum atomic E-state index is -0.0831. The third kappa shape index (κ3) is 3.85. The van der Waals surface area contributed by atoms with Gasteiger partial charge in [-0.05, 0) is 63.2 Å². The van der Waals surface area contributed by atoms with E-state index >= 15 is 0 Å². The number of carbonyl (C=O) groups is 1. The van der Waals surface area contributed by atoms with Gasteiger partial charge in [0, 0.05) is 24.8 Å².